The monoisotopic (exact) mass is 449 g/mol. The van der Waals surface area contributed by atoms with E-state index in [1.807, 2.05) is 47.0 Å². The van der Waals surface area contributed by atoms with Crippen LogP contribution >= 0.6 is 23.4 Å². The van der Waals surface area contributed by atoms with Gasteiger partial charge in [0.1, 0.15) is 0 Å². The van der Waals surface area contributed by atoms with Crippen LogP contribution in [0.25, 0.3) is 23.0 Å². The Morgan fingerprint density at radius 3 is 2.52 bits per heavy atom. The maximum Gasteiger partial charge on any atom is 0.283 e. The lowest BCUT2D eigenvalue weighted by atomic mass is 10.2. The predicted molar refractivity (Wildman–Crippen MR) is 118 cm³/mol. The average Bonchev–Trinajstić information content (AvgIpc) is 3.55. The van der Waals surface area contributed by atoms with Gasteiger partial charge in [-0.05, 0) is 29.8 Å². The molecular weight excluding hydrogens is 434 g/mol. The van der Waals surface area contributed by atoms with Gasteiger partial charge in [-0.25, -0.2) is 0 Å². The Morgan fingerprint density at radius 1 is 0.871 bits per heavy atom. The van der Waals surface area contributed by atoms with Gasteiger partial charge in [0, 0.05) is 5.56 Å². The van der Waals surface area contributed by atoms with Crippen LogP contribution in [0.2, 0.25) is 5.02 Å². The standard InChI is InChI=1S/C22H16ClN5O2S/c23-17-10-5-4-9-16(17)20-25-27-22(28(20)13-15-7-2-1-3-8-15)31-14-19-24-26-21(30-19)18-11-6-12-29-18/h1-12H,13-14H2. The molecule has 2 aromatic carbocycles. The van der Waals surface area contributed by atoms with Gasteiger partial charge in [0.05, 0.1) is 23.6 Å². The lowest BCUT2D eigenvalue weighted by molar-refractivity contribution is 0.494. The Labute approximate surface area is 187 Å². The van der Waals surface area contributed by atoms with Crippen molar-refractivity contribution in [3.63, 3.8) is 0 Å². The van der Waals surface area contributed by atoms with E-state index >= 15 is 0 Å². The molecule has 0 radical (unpaired) electrons. The van der Waals surface area contributed by atoms with Gasteiger partial charge in [-0.15, -0.1) is 20.4 Å². The third-order valence-electron chi connectivity index (χ3n) is 4.54. The van der Waals surface area contributed by atoms with Crippen LogP contribution in [0.15, 0.2) is 87.0 Å². The molecule has 0 saturated carbocycles. The summed E-state index contributed by atoms with van der Waals surface area (Å²) in [6, 6.07) is 21.3. The van der Waals surface area contributed by atoms with E-state index in [0.717, 1.165) is 16.3 Å². The Balaban J connectivity index is 1.43. The fourth-order valence-electron chi connectivity index (χ4n) is 3.08. The largest absolute Gasteiger partial charge is 0.459 e. The zero-order valence-electron chi connectivity index (χ0n) is 16.2. The second-order valence-corrected chi connectivity index (χ2v) is 7.97. The maximum absolute atomic E-state index is 6.44. The molecular formula is C22H16ClN5O2S. The van der Waals surface area contributed by atoms with Crippen LogP contribution in [0, 0.1) is 0 Å². The molecule has 0 amide bonds. The molecule has 0 N–H and O–H groups in total. The molecule has 7 nitrogen and oxygen atoms in total. The third kappa shape index (κ3) is 4.26. The van der Waals surface area contributed by atoms with Gasteiger partial charge >= 0.3 is 0 Å². The van der Waals surface area contributed by atoms with Crippen molar-refractivity contribution in [2.75, 3.05) is 0 Å². The number of aromatic nitrogens is 5. The van der Waals surface area contributed by atoms with Crippen LogP contribution in [0.5, 0.6) is 0 Å². The van der Waals surface area contributed by atoms with Crippen molar-refractivity contribution < 1.29 is 8.83 Å². The van der Waals surface area contributed by atoms with E-state index in [9.17, 15) is 0 Å². The van der Waals surface area contributed by atoms with E-state index in [4.69, 9.17) is 20.4 Å². The van der Waals surface area contributed by atoms with Gasteiger partial charge in [0.25, 0.3) is 5.89 Å². The van der Waals surface area contributed by atoms with E-state index in [-0.39, 0.29) is 0 Å². The molecule has 0 fully saturated rings. The highest BCUT2D eigenvalue weighted by atomic mass is 35.5. The molecule has 5 aromatic rings. The van der Waals surface area contributed by atoms with Crippen LogP contribution in [0.4, 0.5) is 0 Å². The van der Waals surface area contributed by atoms with Gasteiger partial charge in [0.15, 0.2) is 16.7 Å². The fourth-order valence-corrected chi connectivity index (χ4v) is 4.08. The number of rotatable bonds is 7. The fraction of sp³-hybridized carbons (Fsp3) is 0.0909. The molecule has 5 rings (SSSR count). The lowest BCUT2D eigenvalue weighted by Gasteiger charge is -2.11. The molecule has 3 heterocycles. The summed E-state index contributed by atoms with van der Waals surface area (Å²) in [5.41, 5.74) is 1.97. The van der Waals surface area contributed by atoms with Crippen LogP contribution in [0.3, 0.4) is 0 Å². The second-order valence-electron chi connectivity index (χ2n) is 6.62. The second kappa shape index (κ2) is 8.79. The molecule has 0 spiro atoms. The van der Waals surface area contributed by atoms with Crippen molar-refractivity contribution in [1.29, 1.82) is 0 Å². The molecule has 0 saturated heterocycles. The highest BCUT2D eigenvalue weighted by Gasteiger charge is 2.18. The Bertz CT molecular complexity index is 1280. The first-order valence-electron chi connectivity index (χ1n) is 9.49. The van der Waals surface area contributed by atoms with Gasteiger partial charge < -0.3 is 8.83 Å². The highest BCUT2D eigenvalue weighted by molar-refractivity contribution is 7.98. The zero-order valence-corrected chi connectivity index (χ0v) is 17.8. The van der Waals surface area contributed by atoms with Crippen molar-refractivity contribution in [2.45, 2.75) is 17.5 Å². The Hall–Kier alpha value is -3.36. The van der Waals surface area contributed by atoms with Gasteiger partial charge in [-0.1, -0.05) is 65.8 Å². The summed E-state index contributed by atoms with van der Waals surface area (Å²) in [6.45, 7) is 0.609. The Morgan fingerprint density at radius 2 is 1.71 bits per heavy atom. The molecule has 3 aromatic heterocycles. The molecule has 0 aliphatic rings. The molecule has 0 aliphatic carbocycles. The van der Waals surface area contributed by atoms with Crippen molar-refractivity contribution in [3.05, 3.63) is 89.5 Å². The first kappa shape index (κ1) is 19.6. The van der Waals surface area contributed by atoms with Crippen molar-refractivity contribution in [2.24, 2.45) is 0 Å². The van der Waals surface area contributed by atoms with E-state index in [1.165, 1.54) is 11.8 Å². The zero-order chi connectivity index (χ0) is 21.0. The number of nitrogens with zero attached hydrogens (tertiary/aromatic N) is 5. The van der Waals surface area contributed by atoms with Crippen LogP contribution in [-0.2, 0) is 12.3 Å². The normalized spacial score (nSPS) is 11.1. The minimum absolute atomic E-state index is 0.350. The number of hydrogen-bond acceptors (Lipinski definition) is 7. The van der Waals surface area contributed by atoms with E-state index < -0.39 is 0 Å². The van der Waals surface area contributed by atoms with E-state index in [2.05, 4.69) is 32.5 Å². The summed E-state index contributed by atoms with van der Waals surface area (Å²) >= 11 is 7.91. The molecule has 0 unspecified atom stereocenters. The minimum Gasteiger partial charge on any atom is -0.459 e. The van der Waals surface area contributed by atoms with E-state index in [0.29, 0.717) is 40.7 Å². The summed E-state index contributed by atoms with van der Waals surface area (Å²) in [5.74, 6) is 2.52. The third-order valence-corrected chi connectivity index (χ3v) is 5.82. The van der Waals surface area contributed by atoms with Crippen LogP contribution < -0.4 is 0 Å². The van der Waals surface area contributed by atoms with Crippen molar-refractivity contribution in [1.82, 2.24) is 25.0 Å². The van der Waals surface area contributed by atoms with Crippen molar-refractivity contribution in [3.8, 4) is 23.0 Å². The summed E-state index contributed by atoms with van der Waals surface area (Å²) in [7, 11) is 0. The molecule has 154 valence electrons. The van der Waals surface area contributed by atoms with Gasteiger partial charge in [-0.2, -0.15) is 0 Å². The molecule has 0 bridgehead atoms. The Kier molecular flexibility index (Phi) is 5.56. The summed E-state index contributed by atoms with van der Waals surface area (Å²) in [4.78, 5) is 0. The number of thioether (sulfide) groups is 1. The summed E-state index contributed by atoms with van der Waals surface area (Å²) in [5, 5.41) is 18.3. The molecule has 9 heteroatoms. The number of furan rings is 1. The number of halogens is 1. The SMILES string of the molecule is Clc1ccccc1-c1nnc(SCc2nnc(-c3ccco3)o2)n1Cc1ccccc1. The molecule has 31 heavy (non-hydrogen) atoms. The smallest absolute Gasteiger partial charge is 0.283 e. The summed E-state index contributed by atoms with van der Waals surface area (Å²) < 4.78 is 13.1. The minimum atomic E-state index is 0.350. The van der Waals surface area contributed by atoms with Crippen molar-refractivity contribution >= 4 is 23.4 Å². The highest BCUT2D eigenvalue weighted by Crippen LogP contribution is 2.31. The van der Waals surface area contributed by atoms with Gasteiger partial charge in [0.2, 0.25) is 5.89 Å². The molecule has 0 atom stereocenters. The average molecular weight is 450 g/mol. The first-order chi connectivity index (χ1) is 15.3. The van der Waals surface area contributed by atoms with E-state index in [1.54, 1.807) is 18.4 Å². The maximum atomic E-state index is 6.44. The van der Waals surface area contributed by atoms with Crippen LogP contribution in [-0.4, -0.2) is 25.0 Å². The number of benzene rings is 2. The number of hydrogen-bond donors (Lipinski definition) is 0. The molecule has 0 aliphatic heterocycles. The van der Waals surface area contributed by atoms with Gasteiger partial charge in [-0.3, -0.25) is 4.57 Å². The van der Waals surface area contributed by atoms with Crippen LogP contribution in [0.1, 0.15) is 11.5 Å². The quantitative estimate of drug-likeness (QED) is 0.300. The summed E-state index contributed by atoms with van der Waals surface area (Å²) in [6.07, 6.45) is 1.57. The first-order valence-corrected chi connectivity index (χ1v) is 10.9. The lowest BCUT2D eigenvalue weighted by Crippen LogP contribution is -2.04. The topological polar surface area (TPSA) is 82.8 Å². The predicted octanol–water partition coefficient (Wildman–Crippen LogP) is 5.58.